The minimum Gasteiger partial charge on any atom is -0.314 e. The molecule has 0 saturated carbocycles. The summed E-state index contributed by atoms with van der Waals surface area (Å²) in [4.78, 5) is 0. The van der Waals surface area contributed by atoms with Gasteiger partial charge in [-0.2, -0.15) is 8.78 Å². The van der Waals surface area contributed by atoms with Gasteiger partial charge in [0.25, 0.3) is 5.76 Å². The lowest BCUT2D eigenvalue weighted by Crippen LogP contribution is -2.40. The maximum Gasteiger partial charge on any atom is 0.298 e. The van der Waals surface area contributed by atoms with Gasteiger partial charge in [-0.25, -0.2) is 4.31 Å². The Balaban J connectivity index is 2.13. The molecule has 1 fully saturated rings. The van der Waals surface area contributed by atoms with Gasteiger partial charge in [-0.15, -0.1) is 0 Å². The van der Waals surface area contributed by atoms with Gasteiger partial charge in [0.15, 0.2) is 0 Å². The Labute approximate surface area is 63.1 Å². The Kier molecular flexibility index (Phi) is 3.37. The molecule has 5 heteroatoms. The number of piperazine rings is 1. The van der Waals surface area contributed by atoms with Gasteiger partial charge in [0, 0.05) is 26.2 Å². The van der Waals surface area contributed by atoms with Crippen LogP contribution in [0.25, 0.3) is 0 Å². The molecule has 0 aliphatic carbocycles. The van der Waals surface area contributed by atoms with Crippen molar-refractivity contribution >= 4 is 11.9 Å². The minimum atomic E-state index is -2.27. The van der Waals surface area contributed by atoms with Crippen molar-refractivity contribution in [2.75, 3.05) is 26.2 Å². The number of alkyl halides is 2. The second-order valence-corrected chi connectivity index (χ2v) is 3.13. The van der Waals surface area contributed by atoms with Crippen molar-refractivity contribution in [3.63, 3.8) is 0 Å². The first-order valence-corrected chi connectivity index (χ1v) is 4.03. The van der Waals surface area contributed by atoms with Gasteiger partial charge >= 0.3 is 0 Å². The Morgan fingerprint density at radius 1 is 1.30 bits per heavy atom. The molecule has 0 aromatic heterocycles. The van der Waals surface area contributed by atoms with E-state index in [2.05, 4.69) is 5.32 Å². The van der Waals surface area contributed by atoms with Gasteiger partial charge in [-0.1, -0.05) is 0 Å². The maximum atomic E-state index is 11.7. The Morgan fingerprint density at radius 2 is 1.90 bits per heavy atom. The summed E-state index contributed by atoms with van der Waals surface area (Å²) in [7, 11) is 0. The van der Waals surface area contributed by atoms with E-state index in [1.54, 1.807) is 4.31 Å². The Morgan fingerprint density at radius 3 is 2.40 bits per heavy atom. The van der Waals surface area contributed by atoms with Crippen LogP contribution in [0.15, 0.2) is 0 Å². The van der Waals surface area contributed by atoms with Crippen molar-refractivity contribution < 1.29 is 8.78 Å². The average Bonchev–Trinajstić information content (AvgIpc) is 1.88. The van der Waals surface area contributed by atoms with Crippen LogP contribution in [0.4, 0.5) is 8.78 Å². The minimum absolute atomic E-state index is 0.635. The largest absolute Gasteiger partial charge is 0.314 e. The molecular weight excluding hydrogens is 158 g/mol. The lowest BCUT2D eigenvalue weighted by atomic mass is 10.4. The third-order valence-corrected chi connectivity index (χ3v) is 2.13. The molecule has 0 unspecified atom stereocenters. The van der Waals surface area contributed by atoms with E-state index >= 15 is 0 Å². The third kappa shape index (κ3) is 2.81. The fourth-order valence-electron chi connectivity index (χ4n) is 0.862. The maximum absolute atomic E-state index is 11.7. The lowest BCUT2D eigenvalue weighted by Gasteiger charge is -2.25. The summed E-state index contributed by atoms with van der Waals surface area (Å²) < 4.78 is 25.1. The predicted molar refractivity (Wildman–Crippen MR) is 38.0 cm³/mol. The van der Waals surface area contributed by atoms with E-state index in [-0.39, 0.29) is 0 Å². The zero-order chi connectivity index (χ0) is 7.40. The van der Waals surface area contributed by atoms with Crippen LogP contribution in [0, 0.1) is 0 Å². The monoisotopic (exact) mass is 168 g/mol. The average molecular weight is 168 g/mol. The molecule has 1 saturated heterocycles. The molecular formula is C5H10F2N2S. The van der Waals surface area contributed by atoms with Gasteiger partial charge in [0.05, 0.1) is 0 Å². The molecule has 0 amide bonds. The normalized spacial score (nSPS) is 21.9. The van der Waals surface area contributed by atoms with Crippen LogP contribution in [0.1, 0.15) is 0 Å². The van der Waals surface area contributed by atoms with Crippen molar-refractivity contribution in [3.05, 3.63) is 0 Å². The summed E-state index contributed by atoms with van der Waals surface area (Å²) in [5.41, 5.74) is 0. The molecule has 60 valence electrons. The van der Waals surface area contributed by atoms with E-state index in [1.165, 1.54) is 0 Å². The second-order valence-electron chi connectivity index (χ2n) is 2.05. The highest BCUT2D eigenvalue weighted by Crippen LogP contribution is 2.18. The smallest absolute Gasteiger partial charge is 0.298 e. The summed E-state index contributed by atoms with van der Waals surface area (Å²) in [5.74, 6) is -2.27. The van der Waals surface area contributed by atoms with E-state index in [0.29, 0.717) is 11.9 Å². The summed E-state index contributed by atoms with van der Waals surface area (Å²) in [5, 5.41) is 3.09. The van der Waals surface area contributed by atoms with E-state index in [9.17, 15) is 8.78 Å². The van der Waals surface area contributed by atoms with Crippen molar-refractivity contribution in [1.82, 2.24) is 9.62 Å². The van der Waals surface area contributed by atoms with Crippen LogP contribution >= 0.6 is 11.9 Å². The van der Waals surface area contributed by atoms with Crippen LogP contribution in [0.5, 0.6) is 0 Å². The van der Waals surface area contributed by atoms with Crippen LogP contribution in [-0.2, 0) is 0 Å². The summed E-state index contributed by atoms with van der Waals surface area (Å²) in [6.45, 7) is 3.07. The standard InChI is InChI=1S/C5H10F2N2S/c6-5(7)10-9-3-1-8-2-4-9/h5,8H,1-4H2. The fourth-order valence-corrected chi connectivity index (χ4v) is 1.48. The highest BCUT2D eigenvalue weighted by atomic mass is 32.2. The Bertz CT molecular complexity index is 95.6. The fraction of sp³-hybridized carbons (Fsp3) is 1.00. The van der Waals surface area contributed by atoms with E-state index in [4.69, 9.17) is 0 Å². The molecule has 0 aromatic carbocycles. The van der Waals surface area contributed by atoms with Crippen molar-refractivity contribution in [1.29, 1.82) is 0 Å². The predicted octanol–water partition coefficient (Wildman–Crippen LogP) is 0.762. The van der Waals surface area contributed by atoms with Crippen LogP contribution in [0.3, 0.4) is 0 Å². The first kappa shape index (κ1) is 8.23. The summed E-state index contributed by atoms with van der Waals surface area (Å²) >= 11 is 0.635. The van der Waals surface area contributed by atoms with E-state index < -0.39 is 5.76 Å². The summed E-state index contributed by atoms with van der Waals surface area (Å²) in [6.07, 6.45) is 0. The number of hydrogen-bond donors (Lipinski definition) is 1. The number of nitrogens with one attached hydrogen (secondary N) is 1. The number of nitrogens with zero attached hydrogens (tertiary/aromatic N) is 1. The molecule has 1 heterocycles. The zero-order valence-corrected chi connectivity index (χ0v) is 6.33. The lowest BCUT2D eigenvalue weighted by molar-refractivity contribution is 0.241. The molecule has 0 aromatic rings. The SMILES string of the molecule is FC(F)SN1CCNCC1. The third-order valence-electron chi connectivity index (χ3n) is 1.30. The van der Waals surface area contributed by atoms with Crippen LogP contribution in [0.2, 0.25) is 0 Å². The molecule has 0 atom stereocenters. The molecule has 0 bridgehead atoms. The van der Waals surface area contributed by atoms with E-state index in [1.807, 2.05) is 0 Å². The van der Waals surface area contributed by atoms with E-state index in [0.717, 1.165) is 26.2 Å². The molecule has 1 aliphatic heterocycles. The number of rotatable bonds is 2. The summed E-state index contributed by atoms with van der Waals surface area (Å²) in [6, 6.07) is 0. The number of halogens is 2. The molecule has 2 nitrogen and oxygen atoms in total. The van der Waals surface area contributed by atoms with Crippen molar-refractivity contribution in [3.8, 4) is 0 Å². The van der Waals surface area contributed by atoms with Gasteiger partial charge < -0.3 is 5.32 Å². The van der Waals surface area contributed by atoms with Gasteiger partial charge in [0.1, 0.15) is 0 Å². The van der Waals surface area contributed by atoms with Crippen LogP contribution < -0.4 is 5.32 Å². The van der Waals surface area contributed by atoms with Crippen molar-refractivity contribution in [2.24, 2.45) is 0 Å². The molecule has 0 radical (unpaired) electrons. The highest BCUT2D eigenvalue weighted by molar-refractivity contribution is 7.97. The number of hydrogen-bond acceptors (Lipinski definition) is 3. The van der Waals surface area contributed by atoms with Gasteiger partial charge in [-0.05, 0) is 11.9 Å². The molecule has 1 aliphatic rings. The quantitative estimate of drug-likeness (QED) is 0.613. The van der Waals surface area contributed by atoms with Crippen molar-refractivity contribution in [2.45, 2.75) is 5.76 Å². The van der Waals surface area contributed by atoms with Gasteiger partial charge in [-0.3, -0.25) is 0 Å². The highest BCUT2D eigenvalue weighted by Gasteiger charge is 2.14. The Hall–Kier alpha value is 0.130. The zero-order valence-electron chi connectivity index (χ0n) is 5.52. The second kappa shape index (κ2) is 4.10. The van der Waals surface area contributed by atoms with Gasteiger partial charge in [0.2, 0.25) is 0 Å². The molecule has 10 heavy (non-hydrogen) atoms. The molecule has 1 rings (SSSR count). The topological polar surface area (TPSA) is 15.3 Å². The van der Waals surface area contributed by atoms with Crippen LogP contribution in [-0.4, -0.2) is 36.2 Å². The molecule has 0 spiro atoms. The molecule has 1 N–H and O–H groups in total. The first-order valence-electron chi connectivity index (χ1n) is 3.19. The first-order chi connectivity index (χ1) is 4.79.